The van der Waals surface area contributed by atoms with Crippen LogP contribution in [0.3, 0.4) is 0 Å². The summed E-state index contributed by atoms with van der Waals surface area (Å²) in [5.74, 6) is -0.329. The lowest BCUT2D eigenvalue weighted by Crippen LogP contribution is -2.60. The van der Waals surface area contributed by atoms with Crippen LogP contribution in [0.25, 0.3) is 0 Å². The summed E-state index contributed by atoms with van der Waals surface area (Å²) in [6.45, 7) is 18.7. The molecular formula is C25H41N3O5. The second-order valence-electron chi connectivity index (χ2n) is 10.8. The average molecular weight is 464 g/mol. The molecule has 0 radical (unpaired) electrons. The second kappa shape index (κ2) is 10.7. The highest BCUT2D eigenvalue weighted by molar-refractivity contribution is 5.91. The molecule has 2 aliphatic rings. The van der Waals surface area contributed by atoms with E-state index < -0.39 is 17.2 Å². The Labute approximate surface area is 198 Å². The molecule has 0 spiro atoms. The highest BCUT2D eigenvalue weighted by Gasteiger charge is 2.54. The van der Waals surface area contributed by atoms with Gasteiger partial charge in [-0.2, -0.15) is 0 Å². The summed E-state index contributed by atoms with van der Waals surface area (Å²) in [5.41, 5.74) is -1.77. The molecule has 2 fully saturated rings. The third-order valence-corrected chi connectivity index (χ3v) is 6.07. The third-order valence-electron chi connectivity index (χ3n) is 6.07. The first-order valence-corrected chi connectivity index (χ1v) is 11.7. The first-order valence-electron chi connectivity index (χ1n) is 11.7. The fourth-order valence-corrected chi connectivity index (χ4v) is 4.83. The van der Waals surface area contributed by atoms with E-state index in [1.54, 1.807) is 17.1 Å². The lowest BCUT2D eigenvalue weighted by molar-refractivity contribution is -0.144. The Hall–Kier alpha value is -2.35. The molecule has 0 aromatic heterocycles. The predicted molar refractivity (Wildman–Crippen MR) is 128 cm³/mol. The zero-order valence-electron chi connectivity index (χ0n) is 20.9. The van der Waals surface area contributed by atoms with Crippen LogP contribution >= 0.6 is 0 Å². The van der Waals surface area contributed by atoms with Gasteiger partial charge in [-0.05, 0) is 51.9 Å². The van der Waals surface area contributed by atoms with Gasteiger partial charge in [0, 0.05) is 25.7 Å². The van der Waals surface area contributed by atoms with Crippen molar-refractivity contribution in [2.75, 3.05) is 32.8 Å². The van der Waals surface area contributed by atoms with Crippen molar-refractivity contribution >= 4 is 17.9 Å². The molecule has 0 saturated carbocycles. The first kappa shape index (κ1) is 26.9. The standard InChI is InChI=1S/C25H41N3O5/c1-8-11-25(12-10-13-28(25)22(31)33-23(3,4)5)21(30)27-18-24(6,7)15-19(27)16-26-20(29)17-32-14-9-2/h8-9,19H,1-2,10-18H2,3-7H3,(H,26,29). The van der Waals surface area contributed by atoms with Crippen LogP contribution in [0.1, 0.15) is 60.3 Å². The third kappa shape index (κ3) is 6.82. The number of amides is 3. The maximum absolute atomic E-state index is 14.1. The van der Waals surface area contributed by atoms with Gasteiger partial charge >= 0.3 is 6.09 Å². The van der Waals surface area contributed by atoms with Crippen molar-refractivity contribution in [1.29, 1.82) is 0 Å². The normalized spacial score (nSPS) is 24.5. The van der Waals surface area contributed by atoms with Gasteiger partial charge in [0.25, 0.3) is 0 Å². The Morgan fingerprint density at radius 3 is 2.48 bits per heavy atom. The Balaban J connectivity index is 2.23. The molecule has 33 heavy (non-hydrogen) atoms. The number of carbonyl (C=O) groups excluding carboxylic acids is 3. The van der Waals surface area contributed by atoms with Crippen LogP contribution in [0.2, 0.25) is 0 Å². The number of hydrogen-bond donors (Lipinski definition) is 1. The molecule has 2 heterocycles. The summed E-state index contributed by atoms with van der Waals surface area (Å²) < 4.78 is 10.8. The minimum Gasteiger partial charge on any atom is -0.444 e. The van der Waals surface area contributed by atoms with E-state index in [1.807, 2.05) is 25.7 Å². The Morgan fingerprint density at radius 2 is 1.88 bits per heavy atom. The summed E-state index contributed by atoms with van der Waals surface area (Å²) in [6.07, 6.45) is 5.21. The summed E-state index contributed by atoms with van der Waals surface area (Å²) in [4.78, 5) is 42.7. The molecule has 1 N–H and O–H groups in total. The van der Waals surface area contributed by atoms with E-state index in [9.17, 15) is 14.4 Å². The number of hydrogen-bond acceptors (Lipinski definition) is 5. The number of nitrogens with zero attached hydrogens (tertiary/aromatic N) is 2. The van der Waals surface area contributed by atoms with Gasteiger partial charge in [0.05, 0.1) is 6.61 Å². The molecular weight excluding hydrogens is 422 g/mol. The fraction of sp³-hybridized carbons (Fsp3) is 0.720. The molecule has 0 aromatic carbocycles. The van der Waals surface area contributed by atoms with E-state index >= 15 is 0 Å². The molecule has 186 valence electrons. The van der Waals surface area contributed by atoms with Crippen molar-refractivity contribution in [3.8, 4) is 0 Å². The summed E-state index contributed by atoms with van der Waals surface area (Å²) in [5, 5.41) is 2.89. The minimum absolute atomic E-state index is 0.0527. The highest BCUT2D eigenvalue weighted by Crippen LogP contribution is 2.41. The average Bonchev–Trinajstić information content (AvgIpc) is 3.26. The molecule has 2 aliphatic heterocycles. The van der Waals surface area contributed by atoms with Gasteiger partial charge in [-0.1, -0.05) is 26.0 Å². The molecule has 3 amide bonds. The van der Waals surface area contributed by atoms with Crippen molar-refractivity contribution in [2.24, 2.45) is 5.41 Å². The quantitative estimate of drug-likeness (QED) is 0.419. The topological polar surface area (TPSA) is 88.2 Å². The Bertz CT molecular complexity index is 758. The van der Waals surface area contributed by atoms with Gasteiger partial charge in [-0.15, -0.1) is 13.2 Å². The number of carbonyl (C=O) groups is 3. The number of ether oxygens (including phenoxy) is 2. The van der Waals surface area contributed by atoms with E-state index in [0.29, 0.717) is 39.1 Å². The smallest absolute Gasteiger partial charge is 0.411 e. The van der Waals surface area contributed by atoms with Crippen molar-refractivity contribution < 1.29 is 23.9 Å². The van der Waals surface area contributed by atoms with Crippen molar-refractivity contribution in [3.63, 3.8) is 0 Å². The van der Waals surface area contributed by atoms with E-state index in [1.165, 1.54) is 0 Å². The van der Waals surface area contributed by atoms with Gasteiger partial charge in [0.1, 0.15) is 17.7 Å². The number of likely N-dealkylation sites (tertiary alicyclic amines) is 2. The fourth-order valence-electron chi connectivity index (χ4n) is 4.83. The second-order valence-corrected chi connectivity index (χ2v) is 10.8. The van der Waals surface area contributed by atoms with Crippen LogP contribution in [0.4, 0.5) is 4.79 Å². The van der Waals surface area contributed by atoms with Gasteiger partial charge in [0.15, 0.2) is 0 Å². The molecule has 0 aromatic rings. The largest absolute Gasteiger partial charge is 0.444 e. The Morgan fingerprint density at radius 1 is 1.18 bits per heavy atom. The number of rotatable bonds is 9. The molecule has 8 nitrogen and oxygen atoms in total. The van der Waals surface area contributed by atoms with Crippen LogP contribution in [-0.4, -0.2) is 77.7 Å². The lowest BCUT2D eigenvalue weighted by Gasteiger charge is -2.41. The molecule has 2 atom stereocenters. The Kier molecular flexibility index (Phi) is 8.74. The zero-order valence-corrected chi connectivity index (χ0v) is 20.9. The monoisotopic (exact) mass is 463 g/mol. The van der Waals surface area contributed by atoms with Crippen molar-refractivity contribution in [3.05, 3.63) is 25.3 Å². The minimum atomic E-state index is -1.01. The molecule has 2 rings (SSSR count). The molecule has 0 aliphatic carbocycles. The van der Waals surface area contributed by atoms with E-state index in [-0.39, 0.29) is 29.9 Å². The number of nitrogens with one attached hydrogen (secondary N) is 1. The molecule has 8 heteroatoms. The van der Waals surface area contributed by atoms with E-state index in [2.05, 4.69) is 32.3 Å². The van der Waals surface area contributed by atoms with E-state index in [4.69, 9.17) is 9.47 Å². The zero-order chi connectivity index (χ0) is 24.9. The van der Waals surface area contributed by atoms with Crippen LogP contribution in [0.5, 0.6) is 0 Å². The van der Waals surface area contributed by atoms with Gasteiger partial charge in [-0.3, -0.25) is 14.5 Å². The predicted octanol–water partition coefficient (Wildman–Crippen LogP) is 3.28. The van der Waals surface area contributed by atoms with E-state index in [0.717, 1.165) is 12.8 Å². The van der Waals surface area contributed by atoms with Crippen LogP contribution < -0.4 is 5.32 Å². The van der Waals surface area contributed by atoms with Crippen molar-refractivity contribution in [2.45, 2.75) is 77.5 Å². The van der Waals surface area contributed by atoms with Crippen LogP contribution in [0, 0.1) is 5.41 Å². The highest BCUT2D eigenvalue weighted by atomic mass is 16.6. The summed E-state index contributed by atoms with van der Waals surface area (Å²) >= 11 is 0. The van der Waals surface area contributed by atoms with Gasteiger partial charge in [0.2, 0.25) is 11.8 Å². The van der Waals surface area contributed by atoms with Gasteiger partial charge in [-0.25, -0.2) is 4.79 Å². The first-order chi connectivity index (χ1) is 15.3. The summed E-state index contributed by atoms with van der Waals surface area (Å²) in [7, 11) is 0. The van der Waals surface area contributed by atoms with Gasteiger partial charge < -0.3 is 19.7 Å². The van der Waals surface area contributed by atoms with Crippen LogP contribution in [0.15, 0.2) is 25.3 Å². The molecule has 0 bridgehead atoms. The lowest BCUT2D eigenvalue weighted by atomic mass is 9.89. The SMILES string of the molecule is C=CCOCC(=O)NCC1CC(C)(C)CN1C(=O)C1(CC=C)CCCN1C(=O)OC(C)(C)C. The molecule has 2 saturated heterocycles. The molecule has 2 unspecified atom stereocenters. The summed E-state index contributed by atoms with van der Waals surface area (Å²) in [6, 6.07) is -0.168. The maximum atomic E-state index is 14.1. The maximum Gasteiger partial charge on any atom is 0.411 e. The van der Waals surface area contributed by atoms with Crippen LogP contribution in [-0.2, 0) is 19.1 Å². The van der Waals surface area contributed by atoms with Crippen molar-refractivity contribution in [1.82, 2.24) is 15.1 Å².